The summed E-state index contributed by atoms with van der Waals surface area (Å²) in [5, 5.41) is 6.58. The van der Waals surface area contributed by atoms with E-state index in [9.17, 15) is 4.39 Å². The van der Waals surface area contributed by atoms with E-state index in [0.29, 0.717) is 22.9 Å². The molecule has 0 aliphatic rings. The third-order valence-electron chi connectivity index (χ3n) is 3.13. The van der Waals surface area contributed by atoms with Crippen molar-refractivity contribution in [3.05, 3.63) is 65.0 Å². The van der Waals surface area contributed by atoms with Crippen molar-refractivity contribution in [3.63, 3.8) is 0 Å². The van der Waals surface area contributed by atoms with Gasteiger partial charge in [-0.15, -0.1) is 0 Å². The van der Waals surface area contributed by atoms with Crippen molar-refractivity contribution >= 4 is 23.0 Å². The Bertz CT molecular complexity index is 626. The average Bonchev–Trinajstić information content (AvgIpc) is 2.42. The van der Waals surface area contributed by atoms with Crippen LogP contribution < -0.4 is 10.6 Å². The van der Waals surface area contributed by atoms with Crippen molar-refractivity contribution in [2.75, 3.05) is 5.32 Å². The Morgan fingerprint density at radius 1 is 1.10 bits per heavy atom. The molecule has 0 amide bonds. The first-order chi connectivity index (χ1) is 9.56. The first kappa shape index (κ1) is 14.5. The molecule has 2 aromatic carbocycles. The average molecular weight is 288 g/mol. The number of halogens is 1. The summed E-state index contributed by atoms with van der Waals surface area (Å²) in [6, 6.07) is 13.1. The molecule has 0 aromatic heterocycles. The van der Waals surface area contributed by atoms with Gasteiger partial charge in [-0.1, -0.05) is 30.3 Å². The molecule has 2 N–H and O–H groups in total. The van der Waals surface area contributed by atoms with E-state index in [1.807, 2.05) is 12.1 Å². The number of benzene rings is 2. The molecule has 0 unspecified atom stereocenters. The highest BCUT2D eigenvalue weighted by Gasteiger charge is 2.02. The fraction of sp³-hybridized carbons (Fsp3) is 0.188. The summed E-state index contributed by atoms with van der Waals surface area (Å²) < 4.78 is 13.4. The fourth-order valence-electron chi connectivity index (χ4n) is 1.83. The van der Waals surface area contributed by atoms with Crippen LogP contribution in [0.1, 0.15) is 16.7 Å². The number of rotatable bonds is 3. The predicted octanol–water partition coefficient (Wildman–Crippen LogP) is 3.93. The Balaban J connectivity index is 1.93. The summed E-state index contributed by atoms with van der Waals surface area (Å²) >= 11 is 5.21. The molecular formula is C16H17FN2S. The van der Waals surface area contributed by atoms with E-state index in [2.05, 4.69) is 29.7 Å². The van der Waals surface area contributed by atoms with E-state index in [0.717, 1.165) is 0 Å². The fourth-order valence-corrected chi connectivity index (χ4v) is 2.02. The standard InChI is InChI=1S/C16H17FN2S/c1-11-5-3-4-6-13(11)10-18-16(20)19-14-8-7-12(2)15(17)9-14/h3-9H,10H2,1-2H3,(H2,18,19,20). The predicted molar refractivity (Wildman–Crippen MR) is 85.4 cm³/mol. The summed E-state index contributed by atoms with van der Waals surface area (Å²) in [4.78, 5) is 0. The second kappa shape index (κ2) is 6.48. The molecule has 0 saturated heterocycles. The molecule has 2 rings (SSSR count). The van der Waals surface area contributed by atoms with Crippen LogP contribution in [-0.4, -0.2) is 5.11 Å². The minimum absolute atomic E-state index is 0.239. The van der Waals surface area contributed by atoms with Gasteiger partial charge in [0.15, 0.2) is 5.11 Å². The Labute approximate surface area is 124 Å². The summed E-state index contributed by atoms with van der Waals surface area (Å²) in [6.45, 7) is 4.43. The molecule has 0 aliphatic heterocycles. The number of hydrogen-bond donors (Lipinski definition) is 2. The summed E-state index contributed by atoms with van der Waals surface area (Å²) in [6.07, 6.45) is 0. The van der Waals surface area contributed by atoms with Crippen LogP contribution in [-0.2, 0) is 6.54 Å². The van der Waals surface area contributed by atoms with Gasteiger partial charge in [-0.2, -0.15) is 0 Å². The van der Waals surface area contributed by atoms with Crippen LogP contribution in [0.5, 0.6) is 0 Å². The highest BCUT2D eigenvalue weighted by Crippen LogP contribution is 2.13. The van der Waals surface area contributed by atoms with Gasteiger partial charge >= 0.3 is 0 Å². The molecule has 0 heterocycles. The Hall–Kier alpha value is -1.94. The van der Waals surface area contributed by atoms with E-state index >= 15 is 0 Å². The largest absolute Gasteiger partial charge is 0.358 e. The highest BCUT2D eigenvalue weighted by molar-refractivity contribution is 7.80. The molecule has 0 bridgehead atoms. The van der Waals surface area contributed by atoms with Crippen molar-refractivity contribution in [2.45, 2.75) is 20.4 Å². The zero-order valence-electron chi connectivity index (χ0n) is 11.5. The zero-order valence-corrected chi connectivity index (χ0v) is 12.4. The molecule has 0 spiro atoms. The second-order valence-electron chi connectivity index (χ2n) is 4.70. The van der Waals surface area contributed by atoms with Gasteiger partial charge in [0.25, 0.3) is 0 Å². The number of thiocarbonyl (C=S) groups is 1. The van der Waals surface area contributed by atoms with Gasteiger partial charge in [-0.3, -0.25) is 0 Å². The maximum atomic E-state index is 13.4. The molecule has 0 atom stereocenters. The lowest BCUT2D eigenvalue weighted by Crippen LogP contribution is -2.28. The zero-order chi connectivity index (χ0) is 14.5. The molecule has 0 radical (unpaired) electrons. The molecule has 2 aromatic rings. The van der Waals surface area contributed by atoms with Crippen LogP contribution in [0.2, 0.25) is 0 Å². The van der Waals surface area contributed by atoms with Crippen molar-refractivity contribution in [1.82, 2.24) is 5.32 Å². The summed E-state index contributed by atoms with van der Waals surface area (Å²) in [5.41, 5.74) is 3.67. The van der Waals surface area contributed by atoms with Gasteiger partial charge in [0.05, 0.1) is 0 Å². The third-order valence-corrected chi connectivity index (χ3v) is 3.38. The molecule has 20 heavy (non-hydrogen) atoms. The van der Waals surface area contributed by atoms with Gasteiger partial charge < -0.3 is 10.6 Å². The van der Waals surface area contributed by atoms with E-state index in [4.69, 9.17) is 12.2 Å². The molecular weight excluding hydrogens is 271 g/mol. The van der Waals surface area contributed by atoms with Gasteiger partial charge in [0.1, 0.15) is 5.82 Å². The van der Waals surface area contributed by atoms with Crippen molar-refractivity contribution < 1.29 is 4.39 Å². The van der Waals surface area contributed by atoms with E-state index in [1.165, 1.54) is 17.2 Å². The van der Waals surface area contributed by atoms with Crippen molar-refractivity contribution in [3.8, 4) is 0 Å². The summed E-state index contributed by atoms with van der Waals surface area (Å²) in [5.74, 6) is -0.239. The lowest BCUT2D eigenvalue weighted by atomic mass is 10.1. The Morgan fingerprint density at radius 3 is 2.55 bits per heavy atom. The number of anilines is 1. The van der Waals surface area contributed by atoms with E-state index in [-0.39, 0.29) is 5.82 Å². The maximum absolute atomic E-state index is 13.4. The molecule has 0 aliphatic carbocycles. The van der Waals surface area contributed by atoms with E-state index < -0.39 is 0 Å². The highest BCUT2D eigenvalue weighted by atomic mass is 32.1. The maximum Gasteiger partial charge on any atom is 0.171 e. The van der Waals surface area contributed by atoms with Crippen LogP contribution in [0.4, 0.5) is 10.1 Å². The smallest absolute Gasteiger partial charge is 0.171 e. The first-order valence-corrected chi connectivity index (χ1v) is 6.82. The monoisotopic (exact) mass is 288 g/mol. The van der Waals surface area contributed by atoms with Gasteiger partial charge in [-0.05, 0) is 54.9 Å². The van der Waals surface area contributed by atoms with Gasteiger partial charge in [0, 0.05) is 12.2 Å². The van der Waals surface area contributed by atoms with E-state index in [1.54, 1.807) is 19.1 Å². The topological polar surface area (TPSA) is 24.1 Å². The number of nitrogens with one attached hydrogen (secondary N) is 2. The van der Waals surface area contributed by atoms with Gasteiger partial charge in [0.2, 0.25) is 0 Å². The van der Waals surface area contributed by atoms with Crippen molar-refractivity contribution in [2.24, 2.45) is 0 Å². The minimum atomic E-state index is -0.239. The Kier molecular flexibility index (Phi) is 4.69. The summed E-state index contributed by atoms with van der Waals surface area (Å²) in [7, 11) is 0. The lowest BCUT2D eigenvalue weighted by molar-refractivity contribution is 0.619. The lowest BCUT2D eigenvalue weighted by Gasteiger charge is -2.12. The van der Waals surface area contributed by atoms with Crippen LogP contribution >= 0.6 is 12.2 Å². The molecule has 4 heteroatoms. The molecule has 0 saturated carbocycles. The normalized spacial score (nSPS) is 10.2. The van der Waals surface area contributed by atoms with Crippen LogP contribution in [0, 0.1) is 19.7 Å². The number of hydrogen-bond acceptors (Lipinski definition) is 1. The number of aryl methyl sites for hydroxylation is 2. The Morgan fingerprint density at radius 2 is 1.85 bits per heavy atom. The quantitative estimate of drug-likeness (QED) is 0.837. The molecule has 2 nitrogen and oxygen atoms in total. The van der Waals surface area contributed by atoms with Crippen LogP contribution in [0.3, 0.4) is 0 Å². The van der Waals surface area contributed by atoms with Crippen LogP contribution in [0.15, 0.2) is 42.5 Å². The van der Waals surface area contributed by atoms with Crippen LogP contribution in [0.25, 0.3) is 0 Å². The van der Waals surface area contributed by atoms with Crippen molar-refractivity contribution in [1.29, 1.82) is 0 Å². The third kappa shape index (κ3) is 3.78. The SMILES string of the molecule is Cc1ccc(NC(=S)NCc2ccccc2C)cc1F. The minimum Gasteiger partial charge on any atom is -0.358 e. The molecule has 104 valence electrons. The molecule has 0 fully saturated rings. The van der Waals surface area contributed by atoms with Gasteiger partial charge in [-0.25, -0.2) is 4.39 Å². The first-order valence-electron chi connectivity index (χ1n) is 6.42. The second-order valence-corrected chi connectivity index (χ2v) is 5.11.